The first-order valence-corrected chi connectivity index (χ1v) is 7.16. The van der Waals surface area contributed by atoms with Crippen LogP contribution in [0.2, 0.25) is 0 Å². The van der Waals surface area contributed by atoms with Gasteiger partial charge in [-0.15, -0.1) is 0 Å². The molecular formula is C11H14F5N3OS. The van der Waals surface area contributed by atoms with E-state index in [4.69, 9.17) is 0 Å². The van der Waals surface area contributed by atoms with E-state index in [0.717, 1.165) is 18.2 Å². The quantitative estimate of drug-likeness (QED) is 0.470. The lowest BCUT2D eigenvalue weighted by Crippen LogP contribution is -2.41. The lowest BCUT2D eigenvalue weighted by molar-refractivity contribution is -0.290. The summed E-state index contributed by atoms with van der Waals surface area (Å²) in [6, 6.07) is 1.18. The van der Waals surface area contributed by atoms with Gasteiger partial charge in [0, 0.05) is 12.6 Å². The van der Waals surface area contributed by atoms with Gasteiger partial charge < -0.3 is 10.1 Å². The third-order valence-electron chi connectivity index (χ3n) is 2.24. The van der Waals surface area contributed by atoms with Crippen LogP contribution in [0.3, 0.4) is 0 Å². The maximum Gasteiger partial charge on any atom is 0.456 e. The van der Waals surface area contributed by atoms with Crippen LogP contribution in [0.15, 0.2) is 11.2 Å². The maximum absolute atomic E-state index is 12.8. The molecule has 0 radical (unpaired) electrons. The van der Waals surface area contributed by atoms with E-state index in [-0.39, 0.29) is 11.0 Å². The van der Waals surface area contributed by atoms with E-state index in [1.165, 1.54) is 6.07 Å². The summed E-state index contributed by atoms with van der Waals surface area (Å²) in [7, 11) is 0. The number of halogens is 5. The SMILES string of the molecule is CCCNc1cc(OCC(F)(F)C(F)(F)F)nc(SC)n1. The van der Waals surface area contributed by atoms with Crippen LogP contribution in [0.1, 0.15) is 13.3 Å². The second-order valence-electron chi connectivity index (χ2n) is 4.00. The number of alkyl halides is 5. The molecule has 21 heavy (non-hydrogen) atoms. The van der Waals surface area contributed by atoms with Gasteiger partial charge in [0.25, 0.3) is 0 Å². The molecule has 1 N–H and O–H groups in total. The molecule has 120 valence electrons. The molecule has 1 aromatic rings. The fourth-order valence-corrected chi connectivity index (χ4v) is 1.53. The lowest BCUT2D eigenvalue weighted by atomic mass is 10.3. The number of aromatic nitrogens is 2. The Morgan fingerprint density at radius 3 is 2.43 bits per heavy atom. The minimum absolute atomic E-state index is 0.210. The largest absolute Gasteiger partial charge is 0.471 e. The van der Waals surface area contributed by atoms with Crippen LogP contribution >= 0.6 is 11.8 Å². The first-order chi connectivity index (χ1) is 9.69. The Bertz CT molecular complexity index is 470. The van der Waals surface area contributed by atoms with Crippen molar-refractivity contribution >= 4 is 17.6 Å². The molecule has 0 unspecified atom stereocenters. The Morgan fingerprint density at radius 2 is 1.90 bits per heavy atom. The fraction of sp³-hybridized carbons (Fsp3) is 0.636. The molecule has 4 nitrogen and oxygen atoms in total. The van der Waals surface area contributed by atoms with Crippen molar-refractivity contribution in [3.63, 3.8) is 0 Å². The highest BCUT2D eigenvalue weighted by molar-refractivity contribution is 7.98. The van der Waals surface area contributed by atoms with Gasteiger partial charge in [-0.2, -0.15) is 26.9 Å². The summed E-state index contributed by atoms with van der Waals surface area (Å²) in [5.41, 5.74) is 0. The van der Waals surface area contributed by atoms with Crippen molar-refractivity contribution in [3.05, 3.63) is 6.07 Å². The minimum atomic E-state index is -5.66. The number of ether oxygens (including phenoxy) is 1. The van der Waals surface area contributed by atoms with Gasteiger partial charge in [-0.1, -0.05) is 18.7 Å². The van der Waals surface area contributed by atoms with Gasteiger partial charge in [-0.3, -0.25) is 0 Å². The van der Waals surface area contributed by atoms with E-state index >= 15 is 0 Å². The van der Waals surface area contributed by atoms with E-state index in [1.807, 2.05) is 6.92 Å². The zero-order valence-corrected chi connectivity index (χ0v) is 12.1. The topological polar surface area (TPSA) is 47.0 Å². The number of hydrogen-bond acceptors (Lipinski definition) is 5. The normalized spacial score (nSPS) is 12.3. The summed E-state index contributed by atoms with van der Waals surface area (Å²) in [6.07, 6.45) is -3.22. The van der Waals surface area contributed by atoms with Crippen LogP contribution in [0.4, 0.5) is 27.8 Å². The number of hydrogen-bond donors (Lipinski definition) is 1. The average molecular weight is 331 g/mol. The van der Waals surface area contributed by atoms with Gasteiger partial charge in [0.05, 0.1) is 0 Å². The van der Waals surface area contributed by atoms with E-state index in [2.05, 4.69) is 20.0 Å². The van der Waals surface area contributed by atoms with Crippen LogP contribution in [0, 0.1) is 0 Å². The Hall–Kier alpha value is -1.32. The van der Waals surface area contributed by atoms with Gasteiger partial charge in [0.2, 0.25) is 5.88 Å². The predicted molar refractivity (Wildman–Crippen MR) is 69.1 cm³/mol. The molecular weight excluding hydrogens is 317 g/mol. The van der Waals surface area contributed by atoms with Crippen LogP contribution in [0.25, 0.3) is 0 Å². The third kappa shape index (κ3) is 5.18. The fourth-order valence-electron chi connectivity index (χ4n) is 1.16. The van der Waals surface area contributed by atoms with Crippen molar-refractivity contribution in [1.29, 1.82) is 0 Å². The second kappa shape index (κ2) is 7.10. The van der Waals surface area contributed by atoms with Gasteiger partial charge in [-0.25, -0.2) is 4.98 Å². The van der Waals surface area contributed by atoms with Gasteiger partial charge >= 0.3 is 12.1 Å². The summed E-state index contributed by atoms with van der Waals surface area (Å²) in [6.45, 7) is 0.655. The number of nitrogens with zero attached hydrogens (tertiary/aromatic N) is 2. The zero-order valence-electron chi connectivity index (χ0n) is 11.3. The van der Waals surface area contributed by atoms with Crippen molar-refractivity contribution < 1.29 is 26.7 Å². The number of anilines is 1. The highest BCUT2D eigenvalue weighted by atomic mass is 32.2. The average Bonchev–Trinajstić information content (AvgIpc) is 2.41. The zero-order chi connectivity index (χ0) is 16.1. The van der Waals surface area contributed by atoms with Crippen LogP contribution < -0.4 is 10.1 Å². The molecule has 0 fully saturated rings. The maximum atomic E-state index is 12.8. The van der Waals surface area contributed by atoms with Gasteiger partial charge in [0.1, 0.15) is 5.82 Å². The molecule has 1 rings (SSSR count). The van der Waals surface area contributed by atoms with Crippen LogP contribution in [-0.4, -0.2) is 41.5 Å². The number of thioether (sulfide) groups is 1. The molecule has 0 atom stereocenters. The Labute approximate surface area is 122 Å². The van der Waals surface area contributed by atoms with Gasteiger partial charge in [0.15, 0.2) is 11.8 Å². The Morgan fingerprint density at radius 1 is 1.24 bits per heavy atom. The van der Waals surface area contributed by atoms with Crippen molar-refractivity contribution in [2.75, 3.05) is 24.7 Å². The first-order valence-electron chi connectivity index (χ1n) is 5.94. The van der Waals surface area contributed by atoms with Crippen molar-refractivity contribution in [3.8, 4) is 5.88 Å². The molecule has 1 heterocycles. The smallest absolute Gasteiger partial charge is 0.456 e. The third-order valence-corrected chi connectivity index (χ3v) is 2.78. The monoisotopic (exact) mass is 331 g/mol. The van der Waals surface area contributed by atoms with Crippen LogP contribution in [0.5, 0.6) is 5.88 Å². The standard InChI is InChI=1S/C11H14F5N3OS/c1-3-4-17-7-5-8(19-9(18-7)21-2)20-6-10(12,13)11(14,15)16/h5H,3-4,6H2,1-2H3,(H,17,18,19). The Kier molecular flexibility index (Phi) is 5.99. The summed E-state index contributed by atoms with van der Waals surface area (Å²) in [4.78, 5) is 7.77. The molecule has 0 aromatic carbocycles. The van der Waals surface area contributed by atoms with Crippen LogP contribution in [-0.2, 0) is 0 Å². The van der Waals surface area contributed by atoms with E-state index < -0.39 is 18.7 Å². The molecule has 0 bridgehead atoms. The summed E-state index contributed by atoms with van der Waals surface area (Å²) in [5.74, 6) is -4.97. The molecule has 1 aromatic heterocycles. The van der Waals surface area contributed by atoms with E-state index in [0.29, 0.717) is 12.4 Å². The molecule has 0 aliphatic carbocycles. The minimum Gasteiger partial charge on any atom is -0.471 e. The van der Waals surface area contributed by atoms with Gasteiger partial charge in [-0.05, 0) is 12.7 Å². The van der Waals surface area contributed by atoms with Crippen molar-refractivity contribution in [1.82, 2.24) is 9.97 Å². The first kappa shape index (κ1) is 17.7. The second-order valence-corrected chi connectivity index (χ2v) is 4.77. The summed E-state index contributed by atoms with van der Waals surface area (Å²) in [5, 5.41) is 3.09. The highest BCUT2D eigenvalue weighted by Crippen LogP contribution is 2.35. The van der Waals surface area contributed by atoms with Crippen molar-refractivity contribution in [2.45, 2.75) is 30.6 Å². The molecule has 0 saturated carbocycles. The highest BCUT2D eigenvalue weighted by Gasteiger charge is 2.58. The number of rotatable bonds is 7. The summed E-state index contributed by atoms with van der Waals surface area (Å²) < 4.78 is 66.2. The van der Waals surface area contributed by atoms with Crippen molar-refractivity contribution in [2.24, 2.45) is 0 Å². The summed E-state index contributed by atoms with van der Waals surface area (Å²) >= 11 is 1.12. The number of nitrogens with one attached hydrogen (secondary N) is 1. The molecule has 0 amide bonds. The van der Waals surface area contributed by atoms with E-state index in [9.17, 15) is 22.0 Å². The molecule has 0 spiro atoms. The molecule has 10 heteroatoms. The van der Waals surface area contributed by atoms with E-state index in [1.54, 1.807) is 6.26 Å². The molecule has 0 saturated heterocycles. The predicted octanol–water partition coefficient (Wildman–Crippen LogP) is 3.60. The molecule has 0 aliphatic rings. The molecule has 0 aliphatic heterocycles. The lowest BCUT2D eigenvalue weighted by Gasteiger charge is -2.19. The Balaban J connectivity index is 2.83.